The molecule has 0 radical (unpaired) electrons. The van der Waals surface area contributed by atoms with Gasteiger partial charge in [-0.15, -0.1) is 0 Å². The molecule has 6 nitrogen and oxygen atoms in total. The smallest absolute Gasteiger partial charge is 0.223 e. The quantitative estimate of drug-likeness (QED) is 0.513. The van der Waals surface area contributed by atoms with Crippen LogP contribution in [0.2, 0.25) is 0 Å². The molecule has 36 heavy (non-hydrogen) atoms. The molecule has 0 spiro atoms. The van der Waals surface area contributed by atoms with Crippen molar-refractivity contribution in [3.63, 3.8) is 0 Å². The number of nitrogens with zero attached hydrogens (tertiary/aromatic N) is 4. The van der Waals surface area contributed by atoms with Gasteiger partial charge in [0, 0.05) is 62.8 Å². The maximum Gasteiger partial charge on any atom is 0.223 e. The number of aromatic nitrogens is 1. The van der Waals surface area contributed by atoms with Crippen LogP contribution >= 0.6 is 15.9 Å². The number of rotatable bonds is 5. The molecular formula is C29H39BrN4O2. The predicted octanol–water partition coefficient (Wildman–Crippen LogP) is 5.14. The summed E-state index contributed by atoms with van der Waals surface area (Å²) in [7, 11) is 0. The third-order valence-corrected chi connectivity index (χ3v) is 8.23. The molecule has 194 valence electrons. The second-order valence-electron chi connectivity index (χ2n) is 11.3. The number of benzene rings is 1. The normalized spacial score (nSPS) is 20.9. The summed E-state index contributed by atoms with van der Waals surface area (Å²) in [5, 5.41) is 0. The van der Waals surface area contributed by atoms with Crippen LogP contribution in [0, 0.1) is 11.3 Å². The Bertz CT molecular complexity index is 1030. The molecular weight excluding hydrogens is 516 g/mol. The second-order valence-corrected chi connectivity index (χ2v) is 12.2. The largest absolute Gasteiger partial charge is 0.343 e. The molecule has 0 saturated carbocycles. The number of likely N-dealkylation sites (tertiary alicyclic amines) is 1. The lowest BCUT2D eigenvalue weighted by Gasteiger charge is -2.49. The van der Waals surface area contributed by atoms with Crippen molar-refractivity contribution in [2.24, 2.45) is 11.3 Å². The molecule has 2 fully saturated rings. The Labute approximate surface area is 224 Å². The molecule has 0 aliphatic carbocycles. The standard InChI is InChI=1S/C29H39BrN4O2/c1-21(35)32-14-12-22(13-15-32)18-27(36)34-17-16-33(20-26(34)29(2,3)4)28(23-8-6-5-7-9-23)25-11-10-24(30)19-31-25/h5-11,19,22,26,28H,12-18,20H2,1-4H3/t26-,28?/m1/s1. The number of hydrogen-bond acceptors (Lipinski definition) is 4. The van der Waals surface area contributed by atoms with Crippen molar-refractivity contribution in [2.45, 2.75) is 59.0 Å². The minimum atomic E-state index is -0.0549. The van der Waals surface area contributed by atoms with E-state index in [0.29, 0.717) is 18.9 Å². The molecule has 1 aromatic heterocycles. The van der Waals surface area contributed by atoms with Crippen molar-refractivity contribution in [2.75, 3.05) is 32.7 Å². The molecule has 1 unspecified atom stereocenters. The van der Waals surface area contributed by atoms with E-state index in [4.69, 9.17) is 4.98 Å². The van der Waals surface area contributed by atoms with E-state index < -0.39 is 0 Å². The van der Waals surface area contributed by atoms with Crippen LogP contribution in [0.15, 0.2) is 53.1 Å². The fraction of sp³-hybridized carbons (Fsp3) is 0.552. The van der Waals surface area contributed by atoms with E-state index >= 15 is 0 Å². The zero-order valence-electron chi connectivity index (χ0n) is 22.0. The summed E-state index contributed by atoms with van der Waals surface area (Å²) >= 11 is 3.52. The molecule has 2 aliphatic rings. The Kier molecular flexibility index (Phi) is 8.51. The fourth-order valence-electron chi connectivity index (χ4n) is 5.65. The monoisotopic (exact) mass is 554 g/mol. The Balaban J connectivity index is 1.52. The van der Waals surface area contributed by atoms with Gasteiger partial charge in [0.2, 0.25) is 11.8 Å². The van der Waals surface area contributed by atoms with Gasteiger partial charge in [-0.05, 0) is 57.8 Å². The summed E-state index contributed by atoms with van der Waals surface area (Å²) < 4.78 is 0.968. The van der Waals surface area contributed by atoms with E-state index in [1.165, 1.54) is 5.56 Å². The highest BCUT2D eigenvalue weighted by molar-refractivity contribution is 9.10. The summed E-state index contributed by atoms with van der Waals surface area (Å²) in [6, 6.07) is 14.9. The van der Waals surface area contributed by atoms with Gasteiger partial charge in [-0.3, -0.25) is 19.5 Å². The molecule has 2 amide bonds. The number of halogens is 1. The van der Waals surface area contributed by atoms with Crippen molar-refractivity contribution in [3.8, 4) is 0 Å². The van der Waals surface area contributed by atoms with E-state index in [-0.39, 0.29) is 29.3 Å². The van der Waals surface area contributed by atoms with Crippen molar-refractivity contribution >= 4 is 27.7 Å². The molecule has 3 heterocycles. The van der Waals surface area contributed by atoms with E-state index in [1.807, 2.05) is 17.2 Å². The van der Waals surface area contributed by atoms with Crippen LogP contribution in [-0.4, -0.2) is 70.3 Å². The molecule has 2 atom stereocenters. The highest BCUT2D eigenvalue weighted by Crippen LogP contribution is 2.35. The number of amides is 2. The first kappa shape index (κ1) is 26.8. The molecule has 2 aromatic rings. The lowest BCUT2D eigenvalue weighted by molar-refractivity contribution is -0.141. The van der Waals surface area contributed by atoms with E-state index in [1.54, 1.807) is 6.92 Å². The highest BCUT2D eigenvalue weighted by Gasteiger charge is 2.41. The number of carbonyl (C=O) groups is 2. The van der Waals surface area contributed by atoms with Gasteiger partial charge in [0.05, 0.1) is 11.7 Å². The first-order valence-corrected chi connectivity index (χ1v) is 13.9. The lowest BCUT2D eigenvalue weighted by atomic mass is 9.82. The molecule has 0 N–H and O–H groups in total. The summed E-state index contributed by atoms with van der Waals surface area (Å²) in [6.07, 6.45) is 4.27. The molecule has 1 aromatic carbocycles. The first-order valence-electron chi connectivity index (χ1n) is 13.1. The number of carbonyl (C=O) groups excluding carboxylic acids is 2. The average Bonchev–Trinajstić information content (AvgIpc) is 2.86. The van der Waals surface area contributed by atoms with Gasteiger partial charge < -0.3 is 9.80 Å². The van der Waals surface area contributed by atoms with Gasteiger partial charge in [0.1, 0.15) is 0 Å². The van der Waals surface area contributed by atoms with E-state index in [9.17, 15) is 9.59 Å². The van der Waals surface area contributed by atoms with Crippen molar-refractivity contribution in [1.82, 2.24) is 19.7 Å². The van der Waals surface area contributed by atoms with Crippen LogP contribution in [0.4, 0.5) is 0 Å². The van der Waals surface area contributed by atoms with Crippen LogP contribution in [-0.2, 0) is 9.59 Å². The summed E-state index contributed by atoms with van der Waals surface area (Å²) in [4.78, 5) is 36.6. The van der Waals surface area contributed by atoms with Gasteiger partial charge in [0.25, 0.3) is 0 Å². The Morgan fingerprint density at radius 2 is 1.72 bits per heavy atom. The zero-order valence-corrected chi connectivity index (χ0v) is 23.6. The zero-order chi connectivity index (χ0) is 25.9. The number of hydrogen-bond donors (Lipinski definition) is 0. The third-order valence-electron chi connectivity index (χ3n) is 7.77. The number of piperazine rings is 1. The van der Waals surface area contributed by atoms with Crippen LogP contribution < -0.4 is 0 Å². The van der Waals surface area contributed by atoms with Crippen LogP contribution in [0.1, 0.15) is 64.3 Å². The summed E-state index contributed by atoms with van der Waals surface area (Å²) in [5.74, 6) is 0.751. The minimum absolute atomic E-state index is 0.0392. The fourth-order valence-corrected chi connectivity index (χ4v) is 5.88. The van der Waals surface area contributed by atoms with Crippen molar-refractivity contribution in [1.29, 1.82) is 0 Å². The lowest BCUT2D eigenvalue weighted by Crippen LogP contribution is -2.60. The van der Waals surface area contributed by atoms with Crippen molar-refractivity contribution < 1.29 is 9.59 Å². The molecule has 2 saturated heterocycles. The van der Waals surface area contributed by atoms with E-state index in [0.717, 1.165) is 49.2 Å². The van der Waals surface area contributed by atoms with Gasteiger partial charge in [-0.2, -0.15) is 0 Å². The first-order chi connectivity index (χ1) is 17.1. The number of piperidine rings is 1. The van der Waals surface area contributed by atoms with Gasteiger partial charge >= 0.3 is 0 Å². The molecule has 4 rings (SSSR count). The second kappa shape index (κ2) is 11.4. The third kappa shape index (κ3) is 6.35. The van der Waals surface area contributed by atoms with E-state index in [2.05, 4.69) is 82.9 Å². The SMILES string of the molecule is CC(=O)N1CCC(CC(=O)N2CCN(C(c3ccccc3)c3ccc(Br)cn3)C[C@@H]2C(C)(C)C)CC1. The molecule has 2 aliphatic heterocycles. The van der Waals surface area contributed by atoms with Gasteiger partial charge in [-0.25, -0.2) is 0 Å². The maximum absolute atomic E-state index is 13.6. The van der Waals surface area contributed by atoms with Gasteiger partial charge in [0.15, 0.2) is 0 Å². The molecule has 7 heteroatoms. The van der Waals surface area contributed by atoms with Crippen LogP contribution in [0.5, 0.6) is 0 Å². The summed E-state index contributed by atoms with van der Waals surface area (Å²) in [6.45, 7) is 12.2. The van der Waals surface area contributed by atoms with Crippen LogP contribution in [0.3, 0.4) is 0 Å². The van der Waals surface area contributed by atoms with Crippen molar-refractivity contribution in [3.05, 3.63) is 64.4 Å². The molecule has 0 bridgehead atoms. The van der Waals surface area contributed by atoms with Gasteiger partial charge in [-0.1, -0.05) is 51.1 Å². The Hall–Kier alpha value is -2.25. The number of pyridine rings is 1. The Morgan fingerprint density at radius 1 is 1.03 bits per heavy atom. The Morgan fingerprint density at radius 3 is 2.31 bits per heavy atom. The summed E-state index contributed by atoms with van der Waals surface area (Å²) in [5.41, 5.74) is 2.19. The highest BCUT2D eigenvalue weighted by atomic mass is 79.9. The topological polar surface area (TPSA) is 56.8 Å². The predicted molar refractivity (Wildman–Crippen MR) is 146 cm³/mol. The maximum atomic E-state index is 13.6. The van der Waals surface area contributed by atoms with Crippen LogP contribution in [0.25, 0.3) is 0 Å². The average molecular weight is 556 g/mol. The minimum Gasteiger partial charge on any atom is -0.343 e.